The molecule has 1 heterocycles. The monoisotopic (exact) mass is 195 g/mol. The van der Waals surface area contributed by atoms with Crippen LogP contribution in [-0.2, 0) is 0 Å². The molecule has 0 spiro atoms. The molecule has 0 aliphatic carbocycles. The van der Waals surface area contributed by atoms with E-state index in [4.69, 9.17) is 5.11 Å². The molecule has 1 aromatic carbocycles. The van der Waals surface area contributed by atoms with Crippen LogP contribution in [0.1, 0.15) is 11.1 Å². The Morgan fingerprint density at radius 1 is 1.38 bits per heavy atom. The van der Waals surface area contributed by atoms with Crippen LogP contribution in [0.3, 0.4) is 0 Å². The van der Waals surface area contributed by atoms with Crippen LogP contribution in [0.2, 0.25) is 0 Å². The van der Waals surface area contributed by atoms with Gasteiger partial charge in [-0.1, -0.05) is 12.1 Å². The van der Waals surface area contributed by atoms with Crippen molar-refractivity contribution in [2.45, 2.75) is 6.10 Å². The largest absolute Gasteiger partial charge is 0.393 e. The standard InChI is InChI=1S/C9H9NO2S/c11-5-7(12)9-10-6-3-1-2-4-8(6)13-9/h1-4,7,11-12H,5H2/t7-/m0/s1. The van der Waals surface area contributed by atoms with Gasteiger partial charge in [-0.25, -0.2) is 4.98 Å². The Morgan fingerprint density at radius 2 is 2.15 bits per heavy atom. The van der Waals surface area contributed by atoms with Gasteiger partial charge in [0, 0.05) is 0 Å². The van der Waals surface area contributed by atoms with Gasteiger partial charge >= 0.3 is 0 Å². The van der Waals surface area contributed by atoms with Crippen LogP contribution < -0.4 is 0 Å². The molecule has 0 amide bonds. The molecule has 0 saturated heterocycles. The molecule has 2 aromatic rings. The normalized spacial score (nSPS) is 13.4. The van der Waals surface area contributed by atoms with Gasteiger partial charge in [-0.05, 0) is 12.1 Å². The Bertz CT molecular complexity index is 380. The Hall–Kier alpha value is -0.970. The SMILES string of the molecule is OC[C@H](O)c1nc2ccccc2s1. The number of fused-ring (bicyclic) bond motifs is 1. The van der Waals surface area contributed by atoms with E-state index in [0.29, 0.717) is 5.01 Å². The van der Waals surface area contributed by atoms with E-state index in [1.54, 1.807) is 0 Å². The van der Waals surface area contributed by atoms with E-state index in [2.05, 4.69) is 4.98 Å². The lowest BCUT2D eigenvalue weighted by Gasteiger charge is -1.99. The van der Waals surface area contributed by atoms with Gasteiger partial charge in [-0.3, -0.25) is 0 Å². The molecule has 4 heteroatoms. The second-order valence-corrected chi connectivity index (χ2v) is 3.78. The fourth-order valence-electron chi connectivity index (χ4n) is 1.11. The molecule has 0 fully saturated rings. The third-order valence-corrected chi connectivity index (χ3v) is 2.91. The Balaban J connectivity index is 2.49. The maximum Gasteiger partial charge on any atom is 0.129 e. The Morgan fingerprint density at radius 3 is 2.85 bits per heavy atom. The highest BCUT2D eigenvalue weighted by Gasteiger charge is 2.11. The van der Waals surface area contributed by atoms with Crippen molar-refractivity contribution < 1.29 is 10.2 Å². The number of para-hydroxylation sites is 1. The molecule has 13 heavy (non-hydrogen) atoms. The summed E-state index contributed by atoms with van der Waals surface area (Å²) in [5, 5.41) is 18.6. The topological polar surface area (TPSA) is 53.4 Å². The summed E-state index contributed by atoms with van der Waals surface area (Å²) < 4.78 is 1.03. The van der Waals surface area contributed by atoms with Crippen molar-refractivity contribution in [3.63, 3.8) is 0 Å². The molecule has 2 N–H and O–H groups in total. The molecule has 68 valence electrons. The van der Waals surface area contributed by atoms with Gasteiger partial charge in [0.2, 0.25) is 0 Å². The molecule has 0 aliphatic rings. The van der Waals surface area contributed by atoms with Crippen LogP contribution in [0.4, 0.5) is 0 Å². The van der Waals surface area contributed by atoms with Gasteiger partial charge in [-0.2, -0.15) is 0 Å². The first-order chi connectivity index (χ1) is 6.31. The van der Waals surface area contributed by atoms with Crippen LogP contribution in [0.25, 0.3) is 10.2 Å². The first-order valence-electron chi connectivity index (χ1n) is 3.95. The molecule has 1 atom stereocenters. The first-order valence-corrected chi connectivity index (χ1v) is 4.77. The molecular weight excluding hydrogens is 186 g/mol. The molecule has 0 aliphatic heterocycles. The number of nitrogens with zero attached hydrogens (tertiary/aromatic N) is 1. The predicted octanol–water partition coefficient (Wildman–Crippen LogP) is 1.32. The van der Waals surface area contributed by atoms with Gasteiger partial charge in [0.15, 0.2) is 0 Å². The number of aromatic nitrogens is 1. The summed E-state index contributed by atoms with van der Waals surface area (Å²) in [5.41, 5.74) is 0.870. The summed E-state index contributed by atoms with van der Waals surface area (Å²) in [7, 11) is 0. The minimum atomic E-state index is -0.850. The van der Waals surface area contributed by atoms with Gasteiger partial charge in [0.1, 0.15) is 11.1 Å². The molecule has 1 aromatic heterocycles. The number of rotatable bonds is 2. The lowest BCUT2D eigenvalue weighted by Crippen LogP contribution is -2.00. The van der Waals surface area contributed by atoms with Gasteiger partial charge < -0.3 is 10.2 Å². The fraction of sp³-hybridized carbons (Fsp3) is 0.222. The van der Waals surface area contributed by atoms with E-state index in [-0.39, 0.29) is 6.61 Å². The van der Waals surface area contributed by atoms with Crippen molar-refractivity contribution in [1.82, 2.24) is 4.98 Å². The predicted molar refractivity (Wildman–Crippen MR) is 51.7 cm³/mol. The number of thiazole rings is 1. The third-order valence-electron chi connectivity index (χ3n) is 1.77. The average molecular weight is 195 g/mol. The van der Waals surface area contributed by atoms with Crippen LogP contribution in [0.5, 0.6) is 0 Å². The van der Waals surface area contributed by atoms with Gasteiger partial charge in [-0.15, -0.1) is 11.3 Å². The third kappa shape index (κ3) is 1.56. The summed E-state index contributed by atoms with van der Waals surface area (Å²) >= 11 is 1.41. The number of hydrogen-bond acceptors (Lipinski definition) is 4. The Labute approximate surface area is 79.3 Å². The number of hydrogen-bond donors (Lipinski definition) is 2. The van der Waals surface area contributed by atoms with E-state index in [9.17, 15) is 5.11 Å². The molecule has 0 bridgehead atoms. The lowest BCUT2D eigenvalue weighted by molar-refractivity contribution is 0.0955. The van der Waals surface area contributed by atoms with Crippen molar-refractivity contribution in [3.8, 4) is 0 Å². The van der Waals surface area contributed by atoms with E-state index in [0.717, 1.165) is 10.2 Å². The maximum atomic E-state index is 9.33. The highest BCUT2D eigenvalue weighted by atomic mass is 32.1. The van der Waals surface area contributed by atoms with Crippen LogP contribution in [-0.4, -0.2) is 21.8 Å². The van der Waals surface area contributed by atoms with E-state index >= 15 is 0 Å². The highest BCUT2D eigenvalue weighted by molar-refractivity contribution is 7.18. The number of aliphatic hydroxyl groups is 2. The summed E-state index contributed by atoms with van der Waals surface area (Å²) in [6, 6.07) is 7.66. The quantitative estimate of drug-likeness (QED) is 0.760. The zero-order chi connectivity index (χ0) is 9.26. The van der Waals surface area contributed by atoms with Crippen molar-refractivity contribution in [2.24, 2.45) is 0 Å². The van der Waals surface area contributed by atoms with Crippen LogP contribution in [0, 0.1) is 0 Å². The van der Waals surface area contributed by atoms with E-state index in [1.165, 1.54) is 11.3 Å². The minimum Gasteiger partial charge on any atom is -0.393 e. The number of benzene rings is 1. The zero-order valence-corrected chi connectivity index (χ0v) is 7.66. The van der Waals surface area contributed by atoms with Gasteiger partial charge in [0.05, 0.1) is 16.8 Å². The zero-order valence-electron chi connectivity index (χ0n) is 6.84. The first kappa shape index (κ1) is 8.62. The van der Waals surface area contributed by atoms with E-state index in [1.807, 2.05) is 24.3 Å². The summed E-state index contributed by atoms with van der Waals surface area (Å²) in [4.78, 5) is 4.19. The maximum absolute atomic E-state index is 9.33. The molecule has 0 saturated carbocycles. The Kier molecular flexibility index (Phi) is 2.26. The smallest absolute Gasteiger partial charge is 0.129 e. The fourth-order valence-corrected chi connectivity index (χ4v) is 2.06. The van der Waals surface area contributed by atoms with E-state index < -0.39 is 6.10 Å². The van der Waals surface area contributed by atoms with Crippen LogP contribution in [0.15, 0.2) is 24.3 Å². The van der Waals surface area contributed by atoms with Crippen LogP contribution >= 0.6 is 11.3 Å². The van der Waals surface area contributed by atoms with Crippen molar-refractivity contribution >= 4 is 21.6 Å². The van der Waals surface area contributed by atoms with Crippen molar-refractivity contribution in [3.05, 3.63) is 29.3 Å². The van der Waals surface area contributed by atoms with Crippen molar-refractivity contribution in [1.29, 1.82) is 0 Å². The molecule has 0 unspecified atom stereocenters. The summed E-state index contributed by atoms with van der Waals surface area (Å²) in [6.45, 7) is -0.278. The van der Waals surface area contributed by atoms with Crippen molar-refractivity contribution in [2.75, 3.05) is 6.61 Å². The highest BCUT2D eigenvalue weighted by Crippen LogP contribution is 2.25. The second kappa shape index (κ2) is 3.41. The molecular formula is C9H9NO2S. The summed E-state index contributed by atoms with van der Waals surface area (Å²) in [5.74, 6) is 0. The lowest BCUT2D eigenvalue weighted by atomic mass is 10.3. The molecule has 2 rings (SSSR count). The molecule has 0 radical (unpaired) electrons. The second-order valence-electron chi connectivity index (χ2n) is 2.72. The average Bonchev–Trinajstić information content (AvgIpc) is 2.59. The summed E-state index contributed by atoms with van der Waals surface area (Å²) in [6.07, 6.45) is -0.850. The number of aliphatic hydroxyl groups excluding tert-OH is 2. The molecule has 3 nitrogen and oxygen atoms in total. The minimum absolute atomic E-state index is 0.278. The van der Waals surface area contributed by atoms with Gasteiger partial charge in [0.25, 0.3) is 0 Å².